The molecule has 0 aromatic carbocycles. The van der Waals surface area contributed by atoms with E-state index in [1.54, 1.807) is 4.57 Å². The number of aldehydes is 1. The highest BCUT2D eigenvalue weighted by atomic mass is 79.9. The second kappa shape index (κ2) is 5.95. The molecule has 0 aliphatic carbocycles. The van der Waals surface area contributed by atoms with Gasteiger partial charge in [-0.3, -0.25) is 4.79 Å². The molecular formula is C11H15BrN2O3. The lowest BCUT2D eigenvalue weighted by Crippen LogP contribution is -2.16. The number of nitrogens with zero attached hydrogens (tertiary/aromatic N) is 2. The van der Waals surface area contributed by atoms with Crippen LogP contribution in [0.4, 0.5) is 0 Å². The summed E-state index contributed by atoms with van der Waals surface area (Å²) in [5.41, 5.74) is 0.308. The first kappa shape index (κ1) is 13.9. The average molecular weight is 303 g/mol. The summed E-state index contributed by atoms with van der Waals surface area (Å²) in [7, 11) is 0. The van der Waals surface area contributed by atoms with E-state index in [1.807, 2.05) is 20.8 Å². The molecule has 0 aliphatic rings. The van der Waals surface area contributed by atoms with Crippen molar-refractivity contribution in [3.63, 3.8) is 0 Å². The van der Waals surface area contributed by atoms with Crippen LogP contribution >= 0.6 is 15.9 Å². The number of halogens is 1. The molecular weight excluding hydrogens is 288 g/mol. The summed E-state index contributed by atoms with van der Waals surface area (Å²) in [6.45, 7) is 6.61. The van der Waals surface area contributed by atoms with Crippen molar-refractivity contribution in [2.45, 2.75) is 27.3 Å². The van der Waals surface area contributed by atoms with Gasteiger partial charge in [0.15, 0.2) is 16.7 Å². The van der Waals surface area contributed by atoms with Gasteiger partial charge in [0.1, 0.15) is 5.69 Å². The molecule has 0 spiro atoms. The highest BCUT2D eigenvalue weighted by molar-refractivity contribution is 9.10. The molecule has 1 aromatic rings. The minimum Gasteiger partial charge on any atom is -0.461 e. The van der Waals surface area contributed by atoms with E-state index in [-0.39, 0.29) is 17.3 Å². The summed E-state index contributed by atoms with van der Waals surface area (Å²) in [5.74, 6) is -0.263. The minimum absolute atomic E-state index is 0.104. The predicted molar refractivity (Wildman–Crippen MR) is 66.1 cm³/mol. The Morgan fingerprint density at radius 3 is 2.71 bits per heavy atom. The molecule has 1 aromatic heterocycles. The van der Waals surface area contributed by atoms with Crippen molar-refractivity contribution < 1.29 is 14.3 Å². The highest BCUT2D eigenvalue weighted by Gasteiger charge is 2.22. The largest absolute Gasteiger partial charge is 0.461 e. The number of carbonyl (C=O) groups excluding carboxylic acids is 2. The maximum absolute atomic E-state index is 11.9. The lowest BCUT2D eigenvalue weighted by molar-refractivity contribution is 0.0444. The fourth-order valence-corrected chi connectivity index (χ4v) is 1.96. The molecule has 0 bridgehead atoms. The van der Waals surface area contributed by atoms with Gasteiger partial charge >= 0.3 is 5.97 Å². The van der Waals surface area contributed by atoms with Gasteiger partial charge in [-0.05, 0) is 28.8 Å². The van der Waals surface area contributed by atoms with Crippen molar-refractivity contribution in [1.29, 1.82) is 0 Å². The first-order valence-corrected chi connectivity index (χ1v) is 6.18. The first-order chi connectivity index (χ1) is 8.01. The van der Waals surface area contributed by atoms with Crippen LogP contribution in [0.25, 0.3) is 0 Å². The summed E-state index contributed by atoms with van der Waals surface area (Å²) < 4.78 is 7.17. The number of hydrogen-bond donors (Lipinski definition) is 0. The molecule has 94 valence electrons. The summed E-state index contributed by atoms with van der Waals surface area (Å²) in [6, 6.07) is 0. The molecule has 0 unspecified atom stereocenters. The Balaban J connectivity index is 3.02. The first-order valence-electron chi connectivity index (χ1n) is 5.39. The van der Waals surface area contributed by atoms with Crippen LogP contribution in [0, 0.1) is 5.92 Å². The Hall–Kier alpha value is -1.17. The fourth-order valence-electron chi connectivity index (χ4n) is 1.34. The zero-order valence-electron chi connectivity index (χ0n) is 10.1. The summed E-state index contributed by atoms with van der Waals surface area (Å²) >= 11 is 3.20. The van der Waals surface area contributed by atoms with Gasteiger partial charge in [-0.25, -0.2) is 9.78 Å². The molecule has 1 heterocycles. The fraction of sp³-hybridized carbons (Fsp3) is 0.545. The van der Waals surface area contributed by atoms with Gasteiger partial charge in [0.25, 0.3) is 0 Å². The van der Waals surface area contributed by atoms with Crippen LogP contribution in [0.1, 0.15) is 41.7 Å². The van der Waals surface area contributed by atoms with Crippen LogP contribution in [0.15, 0.2) is 4.73 Å². The number of aromatic nitrogens is 2. The molecule has 5 nitrogen and oxygen atoms in total. The molecule has 1 rings (SSSR count). The summed E-state index contributed by atoms with van der Waals surface area (Å²) in [5, 5.41) is 0. The van der Waals surface area contributed by atoms with E-state index in [0.29, 0.717) is 24.2 Å². The van der Waals surface area contributed by atoms with E-state index < -0.39 is 5.97 Å². The van der Waals surface area contributed by atoms with E-state index >= 15 is 0 Å². The average Bonchev–Trinajstić information content (AvgIpc) is 2.62. The SMILES string of the molecule is CCn1c(Br)nc(C=O)c1C(=O)OCC(C)C. The number of ether oxygens (including phenoxy) is 1. The smallest absolute Gasteiger partial charge is 0.357 e. The third kappa shape index (κ3) is 3.15. The normalized spacial score (nSPS) is 10.6. The van der Waals surface area contributed by atoms with Crippen molar-refractivity contribution in [3.8, 4) is 0 Å². The van der Waals surface area contributed by atoms with Crippen molar-refractivity contribution in [2.75, 3.05) is 6.61 Å². The van der Waals surface area contributed by atoms with Gasteiger partial charge in [-0.2, -0.15) is 0 Å². The van der Waals surface area contributed by atoms with Gasteiger partial charge in [-0.1, -0.05) is 13.8 Å². The molecule has 0 amide bonds. The quantitative estimate of drug-likeness (QED) is 0.618. The van der Waals surface area contributed by atoms with Crippen LogP contribution in [0.2, 0.25) is 0 Å². The molecule has 0 saturated heterocycles. The zero-order chi connectivity index (χ0) is 13.0. The standard InChI is InChI=1S/C11H15BrN2O3/c1-4-14-9(8(5-15)13-11(14)12)10(16)17-6-7(2)3/h5,7H,4,6H2,1-3H3. The highest BCUT2D eigenvalue weighted by Crippen LogP contribution is 2.17. The van der Waals surface area contributed by atoms with Crippen molar-refractivity contribution in [2.24, 2.45) is 5.92 Å². The van der Waals surface area contributed by atoms with Gasteiger partial charge in [0, 0.05) is 6.54 Å². The number of rotatable bonds is 5. The van der Waals surface area contributed by atoms with Crippen molar-refractivity contribution in [1.82, 2.24) is 9.55 Å². The van der Waals surface area contributed by atoms with Gasteiger partial charge in [0.2, 0.25) is 0 Å². The lowest BCUT2D eigenvalue weighted by Gasteiger charge is -2.09. The van der Waals surface area contributed by atoms with Gasteiger partial charge in [-0.15, -0.1) is 0 Å². The van der Waals surface area contributed by atoms with E-state index in [2.05, 4.69) is 20.9 Å². The van der Waals surface area contributed by atoms with Crippen LogP contribution < -0.4 is 0 Å². The molecule has 0 N–H and O–H groups in total. The number of hydrogen-bond acceptors (Lipinski definition) is 4. The zero-order valence-corrected chi connectivity index (χ0v) is 11.7. The Morgan fingerprint density at radius 2 is 2.24 bits per heavy atom. The number of carbonyl (C=O) groups is 2. The topological polar surface area (TPSA) is 61.2 Å². The second-order valence-electron chi connectivity index (χ2n) is 3.97. The maximum atomic E-state index is 11.9. The third-order valence-corrected chi connectivity index (χ3v) is 2.72. The number of esters is 1. The molecule has 0 radical (unpaired) electrons. The maximum Gasteiger partial charge on any atom is 0.357 e. The Kier molecular flexibility index (Phi) is 4.86. The van der Waals surface area contributed by atoms with E-state index in [1.165, 1.54) is 0 Å². The Labute approximate surface area is 108 Å². The van der Waals surface area contributed by atoms with E-state index in [9.17, 15) is 9.59 Å². The molecule has 0 atom stereocenters. The molecule has 6 heteroatoms. The van der Waals surface area contributed by atoms with Crippen molar-refractivity contribution in [3.05, 3.63) is 16.1 Å². The second-order valence-corrected chi connectivity index (χ2v) is 4.68. The Morgan fingerprint density at radius 1 is 1.59 bits per heavy atom. The molecule has 0 saturated carbocycles. The van der Waals surface area contributed by atoms with Crippen molar-refractivity contribution >= 4 is 28.2 Å². The summed E-state index contributed by atoms with van der Waals surface area (Å²) in [6.07, 6.45) is 0.558. The van der Waals surface area contributed by atoms with Gasteiger partial charge in [0.05, 0.1) is 6.61 Å². The van der Waals surface area contributed by atoms with E-state index in [0.717, 1.165) is 0 Å². The molecule has 0 fully saturated rings. The number of imidazole rings is 1. The summed E-state index contributed by atoms with van der Waals surface area (Å²) in [4.78, 5) is 26.7. The van der Waals surface area contributed by atoms with Gasteiger partial charge < -0.3 is 9.30 Å². The van der Waals surface area contributed by atoms with Crippen LogP contribution in [0.5, 0.6) is 0 Å². The predicted octanol–water partition coefficient (Wildman–Crippen LogP) is 2.29. The minimum atomic E-state index is -0.513. The third-order valence-electron chi connectivity index (χ3n) is 2.12. The van der Waals surface area contributed by atoms with E-state index in [4.69, 9.17) is 4.74 Å². The molecule has 17 heavy (non-hydrogen) atoms. The molecule has 0 aliphatic heterocycles. The Bertz CT molecular complexity index is 427. The van der Waals surface area contributed by atoms with Crippen LogP contribution in [-0.2, 0) is 11.3 Å². The monoisotopic (exact) mass is 302 g/mol. The van der Waals surface area contributed by atoms with Crippen LogP contribution in [-0.4, -0.2) is 28.4 Å². The lowest BCUT2D eigenvalue weighted by atomic mass is 10.2. The van der Waals surface area contributed by atoms with Crippen LogP contribution in [0.3, 0.4) is 0 Å².